The van der Waals surface area contributed by atoms with E-state index in [0.717, 1.165) is 32.1 Å². The SMILES string of the molecule is CCCN(CCC)CCNCCC[Si](C)(OC)OC. The molecule has 0 aromatic rings. The van der Waals surface area contributed by atoms with Crippen molar-refractivity contribution in [3.63, 3.8) is 0 Å². The van der Waals surface area contributed by atoms with Gasteiger partial charge in [-0.2, -0.15) is 0 Å². The van der Waals surface area contributed by atoms with Crippen molar-refractivity contribution in [2.45, 2.75) is 45.7 Å². The zero-order valence-corrected chi connectivity index (χ0v) is 14.6. The maximum atomic E-state index is 5.48. The first kappa shape index (κ1) is 19.1. The maximum absolute atomic E-state index is 5.48. The fourth-order valence-electron chi connectivity index (χ4n) is 2.15. The molecule has 0 aromatic heterocycles. The van der Waals surface area contributed by atoms with E-state index < -0.39 is 8.56 Å². The molecule has 116 valence electrons. The van der Waals surface area contributed by atoms with Crippen LogP contribution >= 0.6 is 0 Å². The van der Waals surface area contributed by atoms with E-state index in [-0.39, 0.29) is 0 Å². The van der Waals surface area contributed by atoms with E-state index in [9.17, 15) is 0 Å². The van der Waals surface area contributed by atoms with Gasteiger partial charge in [0.1, 0.15) is 0 Å². The topological polar surface area (TPSA) is 33.7 Å². The number of hydrogen-bond donors (Lipinski definition) is 1. The highest BCUT2D eigenvalue weighted by Crippen LogP contribution is 2.12. The molecule has 1 N–H and O–H groups in total. The van der Waals surface area contributed by atoms with Crippen LogP contribution in [-0.4, -0.2) is 60.4 Å². The van der Waals surface area contributed by atoms with Crippen molar-refractivity contribution >= 4 is 8.56 Å². The van der Waals surface area contributed by atoms with Gasteiger partial charge >= 0.3 is 8.56 Å². The highest BCUT2D eigenvalue weighted by molar-refractivity contribution is 6.65. The second-order valence-corrected chi connectivity index (χ2v) is 8.82. The predicted octanol–water partition coefficient (Wildman–Crippen LogP) is 2.45. The standard InChI is InChI=1S/C14H34N2O2Si/c1-6-11-16(12-7-2)13-10-15-9-8-14-19(5,17-3)18-4/h15H,6-14H2,1-5H3. The van der Waals surface area contributed by atoms with Gasteiger partial charge in [-0.25, -0.2) is 0 Å². The molecule has 0 amide bonds. The molecule has 0 aliphatic rings. The van der Waals surface area contributed by atoms with Crippen molar-refractivity contribution in [1.82, 2.24) is 10.2 Å². The normalized spacial score (nSPS) is 12.3. The summed E-state index contributed by atoms with van der Waals surface area (Å²) in [5.41, 5.74) is 0. The zero-order valence-electron chi connectivity index (χ0n) is 13.6. The summed E-state index contributed by atoms with van der Waals surface area (Å²) >= 11 is 0. The molecule has 0 saturated carbocycles. The van der Waals surface area contributed by atoms with Gasteiger partial charge in [0, 0.05) is 27.3 Å². The second-order valence-electron chi connectivity index (χ2n) is 5.24. The summed E-state index contributed by atoms with van der Waals surface area (Å²) in [6, 6.07) is 1.06. The quantitative estimate of drug-likeness (QED) is 0.417. The number of rotatable bonds is 13. The maximum Gasteiger partial charge on any atom is 0.334 e. The summed E-state index contributed by atoms with van der Waals surface area (Å²) in [5, 5.41) is 3.52. The molecule has 0 spiro atoms. The zero-order chi connectivity index (χ0) is 14.6. The molecule has 0 saturated heterocycles. The van der Waals surface area contributed by atoms with E-state index in [1.54, 1.807) is 14.2 Å². The van der Waals surface area contributed by atoms with Crippen LogP contribution in [0.4, 0.5) is 0 Å². The van der Waals surface area contributed by atoms with Crippen LogP contribution in [0.25, 0.3) is 0 Å². The molecular formula is C14H34N2O2Si. The number of nitrogens with one attached hydrogen (secondary N) is 1. The smallest absolute Gasteiger partial charge is 0.334 e. The Kier molecular flexibility index (Phi) is 11.9. The molecule has 0 aromatic carbocycles. The summed E-state index contributed by atoms with van der Waals surface area (Å²) < 4.78 is 11.0. The molecule has 5 heteroatoms. The van der Waals surface area contributed by atoms with Crippen LogP contribution < -0.4 is 5.32 Å². The van der Waals surface area contributed by atoms with Gasteiger partial charge < -0.3 is 19.1 Å². The first-order valence-electron chi connectivity index (χ1n) is 7.65. The average molecular weight is 291 g/mol. The van der Waals surface area contributed by atoms with Gasteiger partial charge in [-0.15, -0.1) is 0 Å². The molecule has 4 nitrogen and oxygen atoms in total. The Labute approximate surface area is 121 Å². The lowest BCUT2D eigenvalue weighted by Crippen LogP contribution is -2.37. The van der Waals surface area contributed by atoms with Gasteiger partial charge in [-0.3, -0.25) is 0 Å². The van der Waals surface area contributed by atoms with Crippen LogP contribution in [0.15, 0.2) is 0 Å². The van der Waals surface area contributed by atoms with Gasteiger partial charge in [0.05, 0.1) is 0 Å². The van der Waals surface area contributed by atoms with Crippen LogP contribution in [0.2, 0.25) is 12.6 Å². The third-order valence-corrected chi connectivity index (χ3v) is 6.52. The predicted molar refractivity (Wildman–Crippen MR) is 85.0 cm³/mol. The molecule has 0 rings (SSSR count). The molecule has 0 aliphatic carbocycles. The third kappa shape index (κ3) is 9.57. The van der Waals surface area contributed by atoms with Crippen LogP contribution in [-0.2, 0) is 8.85 Å². The summed E-state index contributed by atoms with van der Waals surface area (Å²) in [6.45, 7) is 12.3. The second kappa shape index (κ2) is 11.8. The lowest BCUT2D eigenvalue weighted by Gasteiger charge is -2.23. The first-order valence-corrected chi connectivity index (χ1v) is 10.2. The fourth-order valence-corrected chi connectivity index (χ4v) is 3.55. The molecule has 0 heterocycles. The molecule has 0 unspecified atom stereocenters. The van der Waals surface area contributed by atoms with E-state index in [1.165, 1.54) is 25.9 Å². The van der Waals surface area contributed by atoms with Crippen molar-refractivity contribution in [3.8, 4) is 0 Å². The summed E-state index contributed by atoms with van der Waals surface area (Å²) in [6.07, 6.45) is 3.61. The van der Waals surface area contributed by atoms with Crippen molar-refractivity contribution in [1.29, 1.82) is 0 Å². The Morgan fingerprint density at radius 1 is 0.947 bits per heavy atom. The Morgan fingerprint density at radius 2 is 1.53 bits per heavy atom. The van der Waals surface area contributed by atoms with E-state index in [1.807, 2.05) is 0 Å². The minimum absolute atomic E-state index is 1.06. The van der Waals surface area contributed by atoms with E-state index in [4.69, 9.17) is 8.85 Å². The van der Waals surface area contributed by atoms with Gasteiger partial charge in [0.25, 0.3) is 0 Å². The van der Waals surface area contributed by atoms with E-state index in [2.05, 4.69) is 30.6 Å². The van der Waals surface area contributed by atoms with Crippen molar-refractivity contribution < 1.29 is 8.85 Å². The van der Waals surface area contributed by atoms with Gasteiger partial charge in [0.15, 0.2) is 0 Å². The highest BCUT2D eigenvalue weighted by Gasteiger charge is 2.27. The number of nitrogens with zero attached hydrogens (tertiary/aromatic N) is 1. The monoisotopic (exact) mass is 290 g/mol. The van der Waals surface area contributed by atoms with Gasteiger partial charge in [-0.1, -0.05) is 13.8 Å². The van der Waals surface area contributed by atoms with E-state index in [0.29, 0.717) is 0 Å². The molecule has 0 aliphatic heterocycles. The average Bonchev–Trinajstić information content (AvgIpc) is 2.42. The molecule has 0 fully saturated rings. The molecule has 0 atom stereocenters. The Morgan fingerprint density at radius 3 is 2.00 bits per heavy atom. The lowest BCUT2D eigenvalue weighted by atomic mass is 10.3. The Hall–Kier alpha value is 0.0569. The van der Waals surface area contributed by atoms with Crippen LogP contribution in [0, 0.1) is 0 Å². The Bertz CT molecular complexity index is 196. The summed E-state index contributed by atoms with van der Waals surface area (Å²) in [5.74, 6) is 0. The lowest BCUT2D eigenvalue weighted by molar-refractivity contribution is 0.248. The van der Waals surface area contributed by atoms with Crippen molar-refractivity contribution in [2.75, 3.05) is 46.9 Å². The van der Waals surface area contributed by atoms with Crippen LogP contribution in [0.3, 0.4) is 0 Å². The fraction of sp³-hybridized carbons (Fsp3) is 1.00. The van der Waals surface area contributed by atoms with Gasteiger partial charge in [0.2, 0.25) is 0 Å². The van der Waals surface area contributed by atoms with Crippen LogP contribution in [0.1, 0.15) is 33.1 Å². The molecule has 0 bridgehead atoms. The molecule has 19 heavy (non-hydrogen) atoms. The summed E-state index contributed by atoms with van der Waals surface area (Å²) in [4.78, 5) is 2.54. The van der Waals surface area contributed by atoms with Crippen molar-refractivity contribution in [3.05, 3.63) is 0 Å². The number of hydrogen-bond acceptors (Lipinski definition) is 4. The minimum Gasteiger partial charge on any atom is -0.398 e. The minimum atomic E-state index is -1.86. The third-order valence-electron chi connectivity index (χ3n) is 3.53. The highest BCUT2D eigenvalue weighted by atomic mass is 28.4. The first-order chi connectivity index (χ1) is 9.11. The molecule has 0 radical (unpaired) electrons. The van der Waals surface area contributed by atoms with Gasteiger partial charge in [-0.05, 0) is 51.5 Å². The Balaban J connectivity index is 3.58. The van der Waals surface area contributed by atoms with Crippen LogP contribution in [0.5, 0.6) is 0 Å². The molecular weight excluding hydrogens is 256 g/mol. The summed E-state index contributed by atoms with van der Waals surface area (Å²) in [7, 11) is 1.67. The largest absolute Gasteiger partial charge is 0.398 e. The van der Waals surface area contributed by atoms with E-state index >= 15 is 0 Å². The van der Waals surface area contributed by atoms with Crippen molar-refractivity contribution in [2.24, 2.45) is 0 Å².